The molecule has 0 bridgehead atoms. The molecule has 0 aliphatic heterocycles. The van der Waals surface area contributed by atoms with E-state index in [9.17, 15) is 14.0 Å². The van der Waals surface area contributed by atoms with Crippen molar-refractivity contribution in [1.82, 2.24) is 10.2 Å². The van der Waals surface area contributed by atoms with Crippen LogP contribution in [0.3, 0.4) is 0 Å². The van der Waals surface area contributed by atoms with Crippen LogP contribution in [0.15, 0.2) is 78.9 Å². The second-order valence-electron chi connectivity index (χ2n) is 8.77. The molecular weight excluding hydrogens is 471 g/mol. The molecule has 0 aromatic heterocycles. The summed E-state index contributed by atoms with van der Waals surface area (Å²) >= 11 is 0. The first-order valence-corrected chi connectivity index (χ1v) is 12.6. The summed E-state index contributed by atoms with van der Waals surface area (Å²) in [6.45, 7) is 3.07. The third-order valence-electron chi connectivity index (χ3n) is 5.95. The Kier molecular flexibility index (Phi) is 11.0. The SMILES string of the molecule is CCCNC(=O)[C@@H](Cc1ccccc1)N(Cc1ccc(F)cc1)C(=O)CCCOc1ccc(OC)cc1. The standard InChI is InChI=1S/C30H35FN2O4/c1-3-19-32-30(35)28(21-23-8-5-4-6-9-23)33(22-24-11-13-25(31)14-12-24)29(34)10-7-20-37-27-17-15-26(36-2)16-18-27/h4-6,8-9,11-18,28H,3,7,10,19-22H2,1-2H3,(H,32,35)/t28-/m1/s1. The van der Waals surface area contributed by atoms with Gasteiger partial charge in [-0.05, 0) is 60.4 Å². The zero-order valence-corrected chi connectivity index (χ0v) is 21.5. The Bertz CT molecular complexity index is 1100. The molecule has 0 spiro atoms. The Morgan fingerprint density at radius 1 is 0.919 bits per heavy atom. The van der Waals surface area contributed by atoms with E-state index in [1.165, 1.54) is 12.1 Å². The fourth-order valence-electron chi connectivity index (χ4n) is 3.94. The number of hydrogen-bond acceptors (Lipinski definition) is 4. The second-order valence-corrected chi connectivity index (χ2v) is 8.77. The molecule has 0 fully saturated rings. The molecule has 0 heterocycles. The Hall–Kier alpha value is -3.87. The van der Waals surface area contributed by atoms with Gasteiger partial charge in [-0.25, -0.2) is 4.39 Å². The number of nitrogens with zero attached hydrogens (tertiary/aromatic N) is 1. The van der Waals surface area contributed by atoms with Gasteiger partial charge < -0.3 is 19.7 Å². The fraction of sp³-hybridized carbons (Fsp3) is 0.333. The van der Waals surface area contributed by atoms with Crippen molar-refractivity contribution in [3.8, 4) is 11.5 Å². The molecule has 1 N–H and O–H groups in total. The van der Waals surface area contributed by atoms with Gasteiger partial charge >= 0.3 is 0 Å². The Morgan fingerprint density at radius 2 is 1.59 bits per heavy atom. The Balaban J connectivity index is 1.74. The predicted molar refractivity (Wildman–Crippen MR) is 142 cm³/mol. The van der Waals surface area contributed by atoms with Crippen molar-refractivity contribution in [3.63, 3.8) is 0 Å². The van der Waals surface area contributed by atoms with Crippen molar-refractivity contribution in [1.29, 1.82) is 0 Å². The van der Waals surface area contributed by atoms with Crippen LogP contribution < -0.4 is 14.8 Å². The van der Waals surface area contributed by atoms with Crippen LogP contribution in [0.1, 0.15) is 37.3 Å². The molecule has 3 aromatic carbocycles. The summed E-state index contributed by atoms with van der Waals surface area (Å²) in [5, 5.41) is 2.95. The number of hydrogen-bond donors (Lipinski definition) is 1. The predicted octanol–water partition coefficient (Wildman–Crippen LogP) is 5.16. The van der Waals surface area contributed by atoms with Gasteiger partial charge in [0.05, 0.1) is 13.7 Å². The summed E-state index contributed by atoms with van der Waals surface area (Å²) in [5.74, 6) is 0.729. The Labute approximate surface area is 218 Å². The lowest BCUT2D eigenvalue weighted by atomic mass is 10.0. The van der Waals surface area contributed by atoms with Gasteiger partial charge in [0, 0.05) is 25.9 Å². The van der Waals surface area contributed by atoms with E-state index in [0.717, 1.165) is 23.3 Å². The van der Waals surface area contributed by atoms with Gasteiger partial charge in [0.2, 0.25) is 11.8 Å². The van der Waals surface area contributed by atoms with E-state index in [2.05, 4.69) is 5.32 Å². The first-order valence-electron chi connectivity index (χ1n) is 12.6. The molecule has 6 nitrogen and oxygen atoms in total. The average molecular weight is 507 g/mol. The van der Waals surface area contributed by atoms with Crippen LogP contribution in [-0.2, 0) is 22.6 Å². The van der Waals surface area contributed by atoms with E-state index in [1.807, 2.05) is 61.5 Å². The van der Waals surface area contributed by atoms with Gasteiger partial charge in [-0.1, -0.05) is 49.4 Å². The number of benzene rings is 3. The topological polar surface area (TPSA) is 67.9 Å². The maximum absolute atomic E-state index is 13.5. The summed E-state index contributed by atoms with van der Waals surface area (Å²) in [7, 11) is 1.60. The van der Waals surface area contributed by atoms with Gasteiger partial charge in [-0.15, -0.1) is 0 Å². The van der Waals surface area contributed by atoms with E-state index < -0.39 is 6.04 Å². The monoisotopic (exact) mass is 506 g/mol. The van der Waals surface area contributed by atoms with Crippen LogP contribution in [0, 0.1) is 5.82 Å². The molecule has 196 valence electrons. The van der Waals surface area contributed by atoms with Gasteiger partial charge in [0.1, 0.15) is 23.4 Å². The van der Waals surface area contributed by atoms with Crippen LogP contribution in [0.2, 0.25) is 0 Å². The van der Waals surface area contributed by atoms with E-state index in [4.69, 9.17) is 9.47 Å². The number of rotatable bonds is 14. The van der Waals surface area contributed by atoms with E-state index >= 15 is 0 Å². The first-order chi connectivity index (χ1) is 18.0. The molecule has 3 rings (SSSR count). The highest BCUT2D eigenvalue weighted by molar-refractivity contribution is 5.88. The number of nitrogens with one attached hydrogen (secondary N) is 1. The smallest absolute Gasteiger partial charge is 0.243 e. The minimum Gasteiger partial charge on any atom is -0.497 e. The van der Waals surface area contributed by atoms with Gasteiger partial charge in [-0.2, -0.15) is 0 Å². The maximum Gasteiger partial charge on any atom is 0.243 e. The Morgan fingerprint density at radius 3 is 2.24 bits per heavy atom. The molecule has 0 saturated carbocycles. The van der Waals surface area contributed by atoms with E-state index in [0.29, 0.717) is 31.7 Å². The normalized spacial score (nSPS) is 11.4. The number of carbonyl (C=O) groups is 2. The lowest BCUT2D eigenvalue weighted by Gasteiger charge is -2.31. The highest BCUT2D eigenvalue weighted by Gasteiger charge is 2.30. The molecule has 0 aliphatic carbocycles. The minimum atomic E-state index is -0.700. The zero-order chi connectivity index (χ0) is 26.5. The minimum absolute atomic E-state index is 0.157. The highest BCUT2D eigenvalue weighted by atomic mass is 19.1. The number of ether oxygens (including phenoxy) is 2. The van der Waals surface area contributed by atoms with Crippen LogP contribution in [0.25, 0.3) is 0 Å². The van der Waals surface area contributed by atoms with Gasteiger partial charge in [0.15, 0.2) is 0 Å². The summed E-state index contributed by atoms with van der Waals surface area (Å²) in [6.07, 6.45) is 1.87. The fourth-order valence-corrected chi connectivity index (χ4v) is 3.94. The molecule has 1 atom stereocenters. The third-order valence-corrected chi connectivity index (χ3v) is 5.95. The molecule has 7 heteroatoms. The van der Waals surface area contributed by atoms with Crippen LogP contribution in [0.4, 0.5) is 4.39 Å². The second kappa shape index (κ2) is 14.6. The van der Waals surface area contributed by atoms with Crippen molar-refractivity contribution in [2.75, 3.05) is 20.3 Å². The van der Waals surface area contributed by atoms with Crippen LogP contribution in [0.5, 0.6) is 11.5 Å². The zero-order valence-electron chi connectivity index (χ0n) is 21.5. The summed E-state index contributed by atoms with van der Waals surface area (Å²) in [5.41, 5.74) is 1.71. The molecule has 37 heavy (non-hydrogen) atoms. The molecule has 0 radical (unpaired) electrons. The molecule has 2 amide bonds. The number of methoxy groups -OCH3 is 1. The summed E-state index contributed by atoms with van der Waals surface area (Å²) in [4.78, 5) is 28.4. The lowest BCUT2D eigenvalue weighted by Crippen LogP contribution is -2.50. The molecule has 0 saturated heterocycles. The van der Waals surface area contributed by atoms with Crippen molar-refractivity contribution < 1.29 is 23.5 Å². The van der Waals surface area contributed by atoms with Crippen LogP contribution >= 0.6 is 0 Å². The third kappa shape index (κ3) is 8.94. The quantitative estimate of drug-likeness (QED) is 0.307. The largest absolute Gasteiger partial charge is 0.497 e. The number of carbonyl (C=O) groups excluding carboxylic acids is 2. The molecular formula is C30H35FN2O4. The van der Waals surface area contributed by atoms with E-state index in [1.54, 1.807) is 24.1 Å². The molecule has 3 aromatic rings. The van der Waals surface area contributed by atoms with Crippen molar-refractivity contribution in [2.45, 2.75) is 45.2 Å². The van der Waals surface area contributed by atoms with Crippen LogP contribution in [-0.4, -0.2) is 43.0 Å². The summed E-state index contributed by atoms with van der Waals surface area (Å²) in [6, 6.07) is 22.2. The van der Waals surface area contributed by atoms with Gasteiger partial charge in [-0.3, -0.25) is 9.59 Å². The molecule has 0 unspecified atom stereocenters. The highest BCUT2D eigenvalue weighted by Crippen LogP contribution is 2.19. The van der Waals surface area contributed by atoms with Crippen molar-refractivity contribution in [3.05, 3.63) is 95.8 Å². The average Bonchev–Trinajstić information content (AvgIpc) is 2.93. The summed E-state index contributed by atoms with van der Waals surface area (Å²) < 4.78 is 24.5. The number of amides is 2. The van der Waals surface area contributed by atoms with E-state index in [-0.39, 0.29) is 30.6 Å². The molecule has 0 aliphatic rings. The maximum atomic E-state index is 13.5. The van der Waals surface area contributed by atoms with Crippen molar-refractivity contribution >= 4 is 11.8 Å². The first kappa shape index (κ1) is 27.7. The van der Waals surface area contributed by atoms with Crippen molar-refractivity contribution in [2.24, 2.45) is 0 Å². The lowest BCUT2D eigenvalue weighted by molar-refractivity contribution is -0.141. The van der Waals surface area contributed by atoms with Gasteiger partial charge in [0.25, 0.3) is 0 Å². The number of halogens is 1.